The van der Waals surface area contributed by atoms with E-state index in [1.165, 1.54) is 38.3 Å². The van der Waals surface area contributed by atoms with Crippen LogP contribution in [-0.4, -0.2) is 52.9 Å². The molecule has 2 aromatic carbocycles. The Balaban J connectivity index is 2.39. The lowest BCUT2D eigenvalue weighted by Crippen LogP contribution is -2.54. The Morgan fingerprint density at radius 2 is 1.62 bits per heavy atom. The topological polar surface area (TPSA) is 110 Å². The number of hydrazine groups is 1. The molecule has 2 atom stereocenters. The number of ether oxygens (including phenoxy) is 1. The Morgan fingerprint density at radius 1 is 1.03 bits per heavy atom. The van der Waals surface area contributed by atoms with Gasteiger partial charge in [-0.15, -0.1) is 4.83 Å². The average molecular weight is 483 g/mol. The smallest absolute Gasteiger partial charge is 0.257 e. The third-order valence-electron chi connectivity index (χ3n) is 4.95. The first-order chi connectivity index (χ1) is 15.0. The van der Waals surface area contributed by atoms with Crippen LogP contribution in [0, 0.1) is 5.92 Å². The summed E-state index contributed by atoms with van der Waals surface area (Å²) >= 11 is 0. The number of rotatable bonds is 11. The van der Waals surface area contributed by atoms with Crippen molar-refractivity contribution < 1.29 is 26.4 Å². The van der Waals surface area contributed by atoms with E-state index in [-0.39, 0.29) is 10.6 Å². The van der Waals surface area contributed by atoms with Gasteiger partial charge in [-0.05, 0) is 42.7 Å². The highest BCUT2D eigenvalue weighted by Gasteiger charge is 2.32. The van der Waals surface area contributed by atoms with Gasteiger partial charge in [0, 0.05) is 6.26 Å². The van der Waals surface area contributed by atoms with E-state index in [9.17, 15) is 21.6 Å². The molecule has 0 bridgehead atoms. The molecule has 0 spiro atoms. The van der Waals surface area contributed by atoms with Gasteiger partial charge in [-0.25, -0.2) is 16.8 Å². The monoisotopic (exact) mass is 482 g/mol. The fraction of sp³-hybridized carbons (Fsp3) is 0.409. The van der Waals surface area contributed by atoms with E-state index in [1.54, 1.807) is 0 Å². The summed E-state index contributed by atoms with van der Waals surface area (Å²) in [5.74, 6) is -1.41. The van der Waals surface area contributed by atoms with Crippen LogP contribution in [0.25, 0.3) is 0 Å². The van der Waals surface area contributed by atoms with E-state index >= 15 is 0 Å². The minimum Gasteiger partial charge on any atom is -0.497 e. The van der Waals surface area contributed by atoms with Crippen molar-refractivity contribution in [3.63, 3.8) is 0 Å². The molecule has 2 unspecified atom stereocenters. The molecule has 0 saturated heterocycles. The zero-order valence-corrected chi connectivity index (χ0v) is 20.3. The second-order valence-electron chi connectivity index (χ2n) is 7.72. The van der Waals surface area contributed by atoms with Crippen LogP contribution in [0.5, 0.6) is 5.75 Å². The maximum atomic E-state index is 13.2. The Kier molecular flexibility index (Phi) is 8.82. The van der Waals surface area contributed by atoms with Crippen LogP contribution in [0.15, 0.2) is 59.5 Å². The van der Waals surface area contributed by atoms with Gasteiger partial charge in [0.15, 0.2) is 0 Å². The van der Waals surface area contributed by atoms with Gasteiger partial charge in [-0.2, -0.15) is 0 Å². The molecule has 2 rings (SSSR count). The molecule has 0 fully saturated rings. The van der Waals surface area contributed by atoms with Gasteiger partial charge in [0.2, 0.25) is 5.91 Å². The van der Waals surface area contributed by atoms with E-state index in [0.717, 1.165) is 16.8 Å². The SMILES string of the molecule is CCC(Cc1ccccc1)N(NS(=O)(=O)c1ccc(OC)cc1)C(=O)C(C)CS(C)(=O)=O. The van der Waals surface area contributed by atoms with Crippen LogP contribution in [0.1, 0.15) is 25.8 Å². The standard InChI is InChI=1S/C22H30N2O6S2/c1-5-19(15-18-9-7-6-8-10-18)24(22(25)17(2)16-31(4,26)27)23-32(28,29)21-13-11-20(30-3)12-14-21/h6-14,17,19,23H,5,15-16H2,1-4H3. The molecule has 2 aromatic rings. The zero-order valence-electron chi connectivity index (χ0n) is 18.7. The summed E-state index contributed by atoms with van der Waals surface area (Å²) in [5, 5.41) is 1.07. The summed E-state index contributed by atoms with van der Waals surface area (Å²) in [6.45, 7) is 3.32. The molecule has 0 aliphatic carbocycles. The molecule has 0 aromatic heterocycles. The van der Waals surface area contributed by atoms with Gasteiger partial charge in [-0.3, -0.25) is 9.80 Å². The minimum absolute atomic E-state index is 0.0403. The van der Waals surface area contributed by atoms with Gasteiger partial charge < -0.3 is 4.74 Å². The highest BCUT2D eigenvalue weighted by molar-refractivity contribution is 7.90. The Morgan fingerprint density at radius 3 is 2.12 bits per heavy atom. The maximum absolute atomic E-state index is 13.2. The molecule has 8 nitrogen and oxygen atoms in total. The Bertz CT molecular complexity index is 1100. The van der Waals surface area contributed by atoms with Crippen LogP contribution in [0.3, 0.4) is 0 Å². The predicted octanol–water partition coefficient (Wildman–Crippen LogP) is 2.42. The van der Waals surface area contributed by atoms with E-state index < -0.39 is 37.7 Å². The molecule has 176 valence electrons. The number of hydrogen-bond donors (Lipinski definition) is 1. The zero-order chi connectivity index (χ0) is 23.9. The first-order valence-corrected chi connectivity index (χ1v) is 13.7. The average Bonchev–Trinajstić information content (AvgIpc) is 2.75. The van der Waals surface area contributed by atoms with Crippen molar-refractivity contribution in [1.29, 1.82) is 0 Å². The molecule has 0 aliphatic heterocycles. The molecule has 10 heteroatoms. The lowest BCUT2D eigenvalue weighted by atomic mass is 10.0. The largest absolute Gasteiger partial charge is 0.497 e. The third kappa shape index (κ3) is 7.32. The molecular weight excluding hydrogens is 452 g/mol. The quantitative estimate of drug-likeness (QED) is 0.493. The maximum Gasteiger partial charge on any atom is 0.257 e. The number of carbonyl (C=O) groups is 1. The lowest BCUT2D eigenvalue weighted by Gasteiger charge is -2.33. The Labute approximate surface area is 190 Å². The predicted molar refractivity (Wildman–Crippen MR) is 123 cm³/mol. The molecule has 0 aliphatic rings. The van der Waals surface area contributed by atoms with Gasteiger partial charge in [0.1, 0.15) is 15.6 Å². The van der Waals surface area contributed by atoms with Gasteiger partial charge in [0.05, 0.1) is 29.7 Å². The number of methoxy groups -OCH3 is 1. The first kappa shape index (κ1) is 25.8. The van der Waals surface area contributed by atoms with Crippen LogP contribution in [-0.2, 0) is 31.1 Å². The highest BCUT2D eigenvalue weighted by Crippen LogP contribution is 2.19. The third-order valence-corrected chi connectivity index (χ3v) is 7.39. The molecule has 0 radical (unpaired) electrons. The van der Waals surface area contributed by atoms with Crippen molar-refractivity contribution in [2.24, 2.45) is 5.92 Å². The summed E-state index contributed by atoms with van der Waals surface area (Å²) in [7, 11) is -6.07. The summed E-state index contributed by atoms with van der Waals surface area (Å²) in [6.07, 6.45) is 1.90. The number of amides is 1. The molecule has 32 heavy (non-hydrogen) atoms. The second-order valence-corrected chi connectivity index (χ2v) is 11.6. The number of nitrogens with zero attached hydrogens (tertiary/aromatic N) is 1. The highest BCUT2D eigenvalue weighted by atomic mass is 32.2. The van der Waals surface area contributed by atoms with Crippen molar-refractivity contribution >= 4 is 25.8 Å². The summed E-state index contributed by atoms with van der Waals surface area (Å²) in [6, 6.07) is 14.6. The number of sulfonamides is 1. The number of nitrogens with one attached hydrogen (secondary N) is 1. The van der Waals surface area contributed by atoms with E-state index in [4.69, 9.17) is 4.74 Å². The van der Waals surface area contributed by atoms with Crippen molar-refractivity contribution in [3.8, 4) is 5.75 Å². The van der Waals surface area contributed by atoms with Crippen LogP contribution in [0.2, 0.25) is 0 Å². The van der Waals surface area contributed by atoms with E-state index in [2.05, 4.69) is 4.83 Å². The molecule has 1 N–H and O–H groups in total. The number of sulfone groups is 1. The fourth-order valence-electron chi connectivity index (χ4n) is 3.30. The van der Waals surface area contributed by atoms with Crippen LogP contribution >= 0.6 is 0 Å². The van der Waals surface area contributed by atoms with Crippen molar-refractivity contribution in [2.75, 3.05) is 19.1 Å². The lowest BCUT2D eigenvalue weighted by molar-refractivity contribution is -0.138. The molecule has 0 heterocycles. The second kappa shape index (κ2) is 10.9. The van der Waals surface area contributed by atoms with Crippen molar-refractivity contribution in [3.05, 3.63) is 60.2 Å². The summed E-state index contributed by atoms with van der Waals surface area (Å²) < 4.78 is 54.7. The number of carbonyl (C=O) groups excluding carboxylic acids is 1. The summed E-state index contributed by atoms with van der Waals surface area (Å²) in [4.78, 5) is 15.6. The normalized spacial score (nSPS) is 13.9. The van der Waals surface area contributed by atoms with Crippen molar-refractivity contribution in [1.82, 2.24) is 9.84 Å². The van der Waals surface area contributed by atoms with Gasteiger partial charge >= 0.3 is 0 Å². The number of benzene rings is 2. The van der Waals surface area contributed by atoms with E-state index in [0.29, 0.717) is 18.6 Å². The van der Waals surface area contributed by atoms with Gasteiger partial charge in [0.25, 0.3) is 10.0 Å². The first-order valence-electron chi connectivity index (χ1n) is 10.2. The number of hydrogen-bond acceptors (Lipinski definition) is 6. The van der Waals surface area contributed by atoms with Crippen LogP contribution < -0.4 is 9.57 Å². The molecular formula is C22H30N2O6S2. The van der Waals surface area contributed by atoms with E-state index in [1.807, 2.05) is 37.3 Å². The molecule has 1 amide bonds. The van der Waals surface area contributed by atoms with Gasteiger partial charge in [-0.1, -0.05) is 44.2 Å². The Hall–Kier alpha value is -2.43. The van der Waals surface area contributed by atoms with Crippen molar-refractivity contribution in [2.45, 2.75) is 37.6 Å². The van der Waals surface area contributed by atoms with Crippen LogP contribution in [0.4, 0.5) is 0 Å². The fourth-order valence-corrected chi connectivity index (χ4v) is 5.45. The minimum atomic E-state index is -4.10. The molecule has 0 saturated carbocycles. The summed E-state index contributed by atoms with van der Waals surface area (Å²) in [5.41, 5.74) is 0.927.